The fourth-order valence-electron chi connectivity index (χ4n) is 2.54. The Morgan fingerprint density at radius 1 is 1.31 bits per heavy atom. The van der Waals surface area contributed by atoms with E-state index in [-0.39, 0.29) is 24.3 Å². The smallest absolute Gasteiger partial charge is 0.338 e. The third-order valence-electron chi connectivity index (χ3n) is 3.76. The molecule has 3 N–H and O–H groups in total. The molecule has 3 aromatic rings. The first-order valence-corrected chi connectivity index (χ1v) is 8.16. The predicted molar refractivity (Wildman–Crippen MR) is 91.4 cm³/mol. The molecule has 2 aromatic heterocycles. The van der Waals surface area contributed by atoms with Gasteiger partial charge >= 0.3 is 5.97 Å². The first-order chi connectivity index (χ1) is 12.6. The Labute approximate surface area is 152 Å². The number of ether oxygens (including phenoxy) is 3. The monoisotopic (exact) mass is 375 g/mol. The summed E-state index contributed by atoms with van der Waals surface area (Å²) in [5.41, 5.74) is 6.84. The van der Waals surface area contributed by atoms with Crippen LogP contribution in [0.1, 0.15) is 22.3 Å². The van der Waals surface area contributed by atoms with E-state index in [4.69, 9.17) is 31.5 Å². The fraction of sp³-hybridized carbons (Fsp3) is 0.250. The lowest BCUT2D eigenvalue weighted by Gasteiger charge is -2.11. The van der Waals surface area contributed by atoms with Crippen molar-refractivity contribution >= 4 is 34.7 Å². The Kier molecular flexibility index (Phi) is 4.41. The van der Waals surface area contributed by atoms with Gasteiger partial charge < -0.3 is 24.9 Å². The molecule has 134 valence electrons. The highest BCUT2D eigenvalue weighted by Gasteiger charge is 2.31. The molecule has 0 radical (unpaired) electrons. The molecule has 0 aliphatic carbocycles. The number of hydrogen-bond acceptors (Lipinski definition) is 8. The molecule has 10 heteroatoms. The summed E-state index contributed by atoms with van der Waals surface area (Å²) in [6, 6.07) is 8.69. The van der Waals surface area contributed by atoms with E-state index in [1.807, 2.05) is 6.07 Å². The average Bonchev–Trinajstić information content (AvgIpc) is 3.27. The van der Waals surface area contributed by atoms with Crippen LogP contribution >= 0.6 is 11.6 Å². The van der Waals surface area contributed by atoms with Crippen molar-refractivity contribution in [3.8, 4) is 0 Å². The number of aromatic nitrogens is 4. The lowest BCUT2D eigenvalue weighted by atomic mass is 10.2. The van der Waals surface area contributed by atoms with Crippen LogP contribution in [0.25, 0.3) is 11.2 Å². The van der Waals surface area contributed by atoms with Crippen molar-refractivity contribution in [2.45, 2.75) is 12.4 Å². The number of hydrogen-bond donors (Lipinski definition) is 2. The minimum Gasteiger partial charge on any atom is -0.457 e. The molecule has 0 spiro atoms. The van der Waals surface area contributed by atoms with E-state index in [1.165, 1.54) is 0 Å². The summed E-state index contributed by atoms with van der Waals surface area (Å²) in [7, 11) is 0. The van der Waals surface area contributed by atoms with Gasteiger partial charge in [0.05, 0.1) is 12.2 Å². The lowest BCUT2D eigenvalue weighted by molar-refractivity contribution is -0.0938. The maximum Gasteiger partial charge on any atom is 0.338 e. The van der Waals surface area contributed by atoms with Crippen molar-refractivity contribution in [1.82, 2.24) is 19.9 Å². The largest absolute Gasteiger partial charge is 0.457 e. The summed E-state index contributed by atoms with van der Waals surface area (Å²) in [6.07, 6.45) is -1.16. The van der Waals surface area contributed by atoms with Gasteiger partial charge in [0.25, 0.3) is 0 Å². The van der Waals surface area contributed by atoms with Crippen LogP contribution in [-0.2, 0) is 14.2 Å². The fourth-order valence-corrected chi connectivity index (χ4v) is 2.76. The number of anilines is 1. The number of nitrogen functional groups attached to an aromatic ring is 1. The highest BCUT2D eigenvalue weighted by Crippen LogP contribution is 2.28. The molecule has 0 bridgehead atoms. The third kappa shape index (κ3) is 3.32. The van der Waals surface area contributed by atoms with Crippen LogP contribution < -0.4 is 5.73 Å². The minimum absolute atomic E-state index is 0.0298. The molecule has 1 fully saturated rings. The highest BCUT2D eigenvalue weighted by atomic mass is 35.5. The van der Waals surface area contributed by atoms with Crippen LogP contribution in [0.2, 0.25) is 5.15 Å². The number of imidazole rings is 1. The maximum absolute atomic E-state index is 11.9. The van der Waals surface area contributed by atoms with Gasteiger partial charge in [0.2, 0.25) is 5.95 Å². The van der Waals surface area contributed by atoms with Crippen LogP contribution in [-0.4, -0.2) is 45.4 Å². The van der Waals surface area contributed by atoms with E-state index >= 15 is 0 Å². The van der Waals surface area contributed by atoms with E-state index in [0.29, 0.717) is 22.6 Å². The first kappa shape index (κ1) is 16.7. The van der Waals surface area contributed by atoms with Gasteiger partial charge in [-0.05, 0) is 12.1 Å². The normalized spacial score (nSPS) is 19.7. The van der Waals surface area contributed by atoms with Crippen LogP contribution in [0.3, 0.4) is 0 Å². The topological polar surface area (TPSA) is 125 Å². The Morgan fingerprint density at radius 2 is 2.12 bits per heavy atom. The van der Waals surface area contributed by atoms with Crippen LogP contribution in [0.5, 0.6) is 0 Å². The maximum atomic E-state index is 11.9. The number of benzene rings is 1. The molecule has 1 aliphatic heterocycles. The number of H-pyrrole nitrogens is 1. The number of fused-ring (bicyclic) bond motifs is 1. The van der Waals surface area contributed by atoms with E-state index in [0.717, 1.165) is 0 Å². The summed E-state index contributed by atoms with van der Waals surface area (Å²) >= 11 is 6.02. The van der Waals surface area contributed by atoms with Crippen LogP contribution in [0.4, 0.5) is 5.95 Å². The average molecular weight is 376 g/mol. The summed E-state index contributed by atoms with van der Waals surface area (Å²) in [5, 5.41) is 0.179. The number of carbonyl (C=O) groups is 1. The Morgan fingerprint density at radius 3 is 2.92 bits per heavy atom. The van der Waals surface area contributed by atoms with Crippen LogP contribution in [0, 0.1) is 0 Å². The van der Waals surface area contributed by atoms with Gasteiger partial charge in [0, 0.05) is 0 Å². The molecule has 2 atom stereocenters. The summed E-state index contributed by atoms with van der Waals surface area (Å²) in [5.74, 6) is 0.0797. The molecule has 9 nitrogen and oxygen atoms in total. The highest BCUT2D eigenvalue weighted by molar-refractivity contribution is 6.33. The van der Waals surface area contributed by atoms with E-state index in [2.05, 4.69) is 19.9 Å². The number of carbonyl (C=O) groups excluding carboxylic acids is 1. The zero-order valence-corrected chi connectivity index (χ0v) is 14.1. The van der Waals surface area contributed by atoms with Crippen molar-refractivity contribution in [2.24, 2.45) is 0 Å². The van der Waals surface area contributed by atoms with E-state index in [1.54, 1.807) is 24.3 Å². The molecule has 1 aliphatic rings. The molecule has 2 unspecified atom stereocenters. The lowest BCUT2D eigenvalue weighted by Crippen LogP contribution is -2.19. The molecular formula is C16H14ClN5O4. The summed E-state index contributed by atoms with van der Waals surface area (Å²) in [4.78, 5) is 27.1. The number of rotatable bonds is 4. The van der Waals surface area contributed by atoms with Crippen molar-refractivity contribution < 1.29 is 19.0 Å². The first-order valence-electron chi connectivity index (χ1n) is 7.78. The molecule has 1 saturated heterocycles. The molecule has 3 heterocycles. The molecular weight excluding hydrogens is 362 g/mol. The SMILES string of the molecule is Nc1nc(Cl)c2[nH]c(C3COC(COC(=O)c4ccccc4)O3)nc2n1. The molecule has 0 amide bonds. The van der Waals surface area contributed by atoms with E-state index < -0.39 is 18.4 Å². The number of aromatic amines is 1. The third-order valence-corrected chi connectivity index (χ3v) is 4.03. The zero-order valence-electron chi connectivity index (χ0n) is 13.4. The van der Waals surface area contributed by atoms with Crippen molar-refractivity contribution in [1.29, 1.82) is 0 Å². The molecule has 26 heavy (non-hydrogen) atoms. The molecule has 4 rings (SSSR count). The standard InChI is InChI=1S/C16H14ClN5O4/c17-12-11-14(22-16(18)20-12)21-13(19-11)9-6-24-10(26-9)7-25-15(23)8-4-2-1-3-5-8/h1-5,9-10H,6-7H2,(H3,18,19,20,21,22). The van der Waals surface area contributed by atoms with Gasteiger partial charge in [0.1, 0.15) is 24.1 Å². The Hall–Kier alpha value is -2.75. The minimum atomic E-state index is -0.687. The van der Waals surface area contributed by atoms with Gasteiger partial charge in [-0.2, -0.15) is 9.97 Å². The van der Waals surface area contributed by atoms with Gasteiger partial charge in [-0.3, -0.25) is 0 Å². The number of nitrogens with one attached hydrogen (secondary N) is 1. The van der Waals surface area contributed by atoms with Gasteiger partial charge in [0.15, 0.2) is 17.1 Å². The van der Waals surface area contributed by atoms with Gasteiger partial charge in [-0.15, -0.1) is 0 Å². The molecule has 0 saturated carbocycles. The number of nitrogens with zero attached hydrogens (tertiary/aromatic N) is 3. The second kappa shape index (κ2) is 6.87. The Bertz CT molecular complexity index is 948. The molecule has 1 aromatic carbocycles. The summed E-state index contributed by atoms with van der Waals surface area (Å²) < 4.78 is 16.4. The second-order valence-electron chi connectivity index (χ2n) is 5.55. The van der Waals surface area contributed by atoms with Crippen molar-refractivity contribution in [2.75, 3.05) is 18.9 Å². The quantitative estimate of drug-likeness (QED) is 0.522. The van der Waals surface area contributed by atoms with Gasteiger partial charge in [-0.1, -0.05) is 29.8 Å². The number of nitrogens with two attached hydrogens (primary N) is 1. The summed E-state index contributed by atoms with van der Waals surface area (Å²) in [6.45, 7) is 0.214. The Balaban J connectivity index is 1.39. The van der Waals surface area contributed by atoms with E-state index in [9.17, 15) is 4.79 Å². The zero-order chi connectivity index (χ0) is 18.1. The van der Waals surface area contributed by atoms with Crippen LogP contribution in [0.15, 0.2) is 30.3 Å². The second-order valence-corrected chi connectivity index (χ2v) is 5.90. The number of esters is 1. The van der Waals surface area contributed by atoms with Crippen molar-refractivity contribution in [3.63, 3.8) is 0 Å². The predicted octanol–water partition coefficient (Wildman–Crippen LogP) is 1.86. The van der Waals surface area contributed by atoms with Crippen molar-refractivity contribution in [3.05, 3.63) is 46.9 Å². The number of halogens is 1. The van der Waals surface area contributed by atoms with Gasteiger partial charge in [-0.25, -0.2) is 9.78 Å².